The van der Waals surface area contributed by atoms with Crippen LogP contribution in [0, 0.1) is 0 Å². The number of carbonyl (C=O) groups excluding carboxylic acids is 1. The second-order valence-corrected chi connectivity index (χ2v) is 8.77. The van der Waals surface area contributed by atoms with Crippen LogP contribution < -0.4 is 0 Å². The molecule has 1 aliphatic rings. The van der Waals surface area contributed by atoms with E-state index in [1.54, 1.807) is 12.1 Å². The van der Waals surface area contributed by atoms with Crippen LogP contribution in [0.4, 0.5) is 0 Å². The number of ketones is 1. The highest BCUT2D eigenvalue weighted by Crippen LogP contribution is 2.30. The summed E-state index contributed by atoms with van der Waals surface area (Å²) in [6.07, 6.45) is 6.32. The highest BCUT2D eigenvalue weighted by Gasteiger charge is 2.21. The summed E-state index contributed by atoms with van der Waals surface area (Å²) in [6.45, 7) is 1.27. The SMILES string of the molecule is CN(C)Cc1cc(/C=C2\CCC/C(=C\c3ccc(O)c(CN(C)C)c3)C2=O)ccc1O.Cl.Cl. The lowest BCUT2D eigenvalue weighted by Gasteiger charge is -2.18. The Hall–Kier alpha value is -2.31. The topological polar surface area (TPSA) is 64.0 Å². The second-order valence-electron chi connectivity index (χ2n) is 8.77. The molecule has 0 saturated heterocycles. The standard InChI is InChI=1S/C26H32N2O3.2ClH/c1-27(2)16-22-14-18(8-10-24(22)29)12-20-6-5-7-21(26(20)31)13-19-9-11-25(30)23(15-19)17-28(3)4;;/h8-15,29-30H,5-7,16-17H2,1-4H3;2*1H/b20-12+,21-13+;;. The van der Waals surface area contributed by atoms with Crippen molar-refractivity contribution in [3.8, 4) is 11.5 Å². The molecule has 0 spiro atoms. The second kappa shape index (κ2) is 12.8. The van der Waals surface area contributed by atoms with Crippen LogP contribution in [0.2, 0.25) is 0 Å². The van der Waals surface area contributed by atoms with E-state index in [0.717, 1.165) is 52.7 Å². The third kappa shape index (κ3) is 7.90. The number of carbonyl (C=O) groups is 1. The lowest BCUT2D eigenvalue weighted by Crippen LogP contribution is -2.13. The molecule has 1 aliphatic carbocycles. The number of rotatable bonds is 6. The van der Waals surface area contributed by atoms with Crippen molar-refractivity contribution in [3.05, 3.63) is 69.8 Å². The van der Waals surface area contributed by atoms with Gasteiger partial charge in [-0.25, -0.2) is 0 Å². The monoisotopic (exact) mass is 492 g/mol. The molecule has 0 atom stereocenters. The Balaban J connectivity index is 0.00000272. The van der Waals surface area contributed by atoms with Crippen molar-refractivity contribution < 1.29 is 15.0 Å². The van der Waals surface area contributed by atoms with E-state index >= 15 is 0 Å². The summed E-state index contributed by atoms with van der Waals surface area (Å²) in [7, 11) is 7.83. The van der Waals surface area contributed by atoms with Crippen molar-refractivity contribution in [2.24, 2.45) is 0 Å². The number of benzene rings is 2. The number of Topliss-reactive ketones (excluding diaryl/α,β-unsaturated/α-hetero) is 1. The molecule has 0 bridgehead atoms. The molecule has 2 aromatic carbocycles. The Bertz CT molecular complexity index is 951. The Labute approximate surface area is 209 Å². The summed E-state index contributed by atoms with van der Waals surface area (Å²) in [5, 5.41) is 20.2. The minimum atomic E-state index is 0. The molecule has 0 unspecified atom stereocenters. The van der Waals surface area contributed by atoms with E-state index in [2.05, 4.69) is 0 Å². The number of nitrogens with zero attached hydrogens (tertiary/aromatic N) is 2. The first-order chi connectivity index (χ1) is 14.7. The first-order valence-corrected chi connectivity index (χ1v) is 10.6. The van der Waals surface area contributed by atoms with Gasteiger partial charge in [0.25, 0.3) is 0 Å². The van der Waals surface area contributed by atoms with E-state index in [1.807, 2.05) is 74.4 Å². The summed E-state index contributed by atoms with van der Waals surface area (Å²) in [4.78, 5) is 17.1. The Morgan fingerprint density at radius 3 is 1.52 bits per heavy atom. The van der Waals surface area contributed by atoms with Crippen LogP contribution >= 0.6 is 24.8 Å². The predicted molar refractivity (Wildman–Crippen MR) is 140 cm³/mol. The normalized spacial score (nSPS) is 16.2. The summed E-state index contributed by atoms with van der Waals surface area (Å²) in [5.74, 6) is 0.621. The van der Waals surface area contributed by atoms with Crippen molar-refractivity contribution in [3.63, 3.8) is 0 Å². The summed E-state index contributed by atoms with van der Waals surface area (Å²) < 4.78 is 0. The zero-order valence-corrected chi connectivity index (χ0v) is 21.3. The molecule has 0 aliphatic heterocycles. The van der Waals surface area contributed by atoms with Gasteiger partial charge in [-0.3, -0.25) is 4.79 Å². The lowest BCUT2D eigenvalue weighted by molar-refractivity contribution is -0.112. The van der Waals surface area contributed by atoms with Crippen LogP contribution in [0.3, 0.4) is 0 Å². The highest BCUT2D eigenvalue weighted by molar-refractivity contribution is 6.14. The number of phenols is 2. The number of aromatic hydroxyl groups is 2. The molecule has 2 N–H and O–H groups in total. The summed E-state index contributed by atoms with van der Waals surface area (Å²) >= 11 is 0. The fourth-order valence-electron chi connectivity index (χ4n) is 3.91. The highest BCUT2D eigenvalue weighted by atomic mass is 35.5. The Morgan fingerprint density at radius 1 is 0.758 bits per heavy atom. The van der Waals surface area contributed by atoms with Gasteiger partial charge in [0.15, 0.2) is 5.78 Å². The van der Waals surface area contributed by atoms with Crippen molar-refractivity contribution >= 4 is 42.7 Å². The Morgan fingerprint density at radius 2 is 1.15 bits per heavy atom. The van der Waals surface area contributed by atoms with Gasteiger partial charge >= 0.3 is 0 Å². The van der Waals surface area contributed by atoms with E-state index in [4.69, 9.17) is 0 Å². The van der Waals surface area contributed by atoms with Crippen molar-refractivity contribution in [1.29, 1.82) is 0 Å². The molecule has 0 aromatic heterocycles. The maximum atomic E-state index is 13.1. The number of hydrogen-bond acceptors (Lipinski definition) is 5. The van der Waals surface area contributed by atoms with Gasteiger partial charge in [-0.1, -0.05) is 12.1 Å². The molecule has 0 amide bonds. The quantitative estimate of drug-likeness (QED) is 0.536. The van der Waals surface area contributed by atoms with Gasteiger partial charge in [0, 0.05) is 35.4 Å². The number of phenolic OH excluding ortho intramolecular Hbond substituents is 2. The van der Waals surface area contributed by atoms with Gasteiger partial charge in [0.2, 0.25) is 0 Å². The fraction of sp³-hybridized carbons (Fsp3) is 0.346. The van der Waals surface area contributed by atoms with Crippen LogP contribution in [0.5, 0.6) is 11.5 Å². The zero-order chi connectivity index (χ0) is 22.5. The molecule has 33 heavy (non-hydrogen) atoms. The molecule has 0 heterocycles. The first-order valence-electron chi connectivity index (χ1n) is 10.6. The van der Waals surface area contributed by atoms with Crippen molar-refractivity contribution in [2.45, 2.75) is 32.4 Å². The summed E-state index contributed by atoms with van der Waals surface area (Å²) in [6, 6.07) is 11.0. The summed E-state index contributed by atoms with van der Waals surface area (Å²) in [5.41, 5.74) is 5.14. The minimum Gasteiger partial charge on any atom is -0.508 e. The number of halogens is 2. The first kappa shape index (κ1) is 28.7. The van der Waals surface area contributed by atoms with Gasteiger partial charge in [0.1, 0.15) is 11.5 Å². The lowest BCUT2D eigenvalue weighted by atomic mass is 9.86. The van der Waals surface area contributed by atoms with Gasteiger partial charge in [-0.05, 0) is 95.0 Å². The molecule has 1 saturated carbocycles. The fourth-order valence-corrected chi connectivity index (χ4v) is 3.91. The molecular weight excluding hydrogens is 459 g/mol. The molecule has 7 heteroatoms. The average Bonchev–Trinajstić information content (AvgIpc) is 2.69. The van der Waals surface area contributed by atoms with Gasteiger partial charge in [-0.2, -0.15) is 0 Å². The Kier molecular flexibility index (Phi) is 11.1. The van der Waals surface area contributed by atoms with Gasteiger partial charge < -0.3 is 20.0 Å². The van der Waals surface area contributed by atoms with Crippen molar-refractivity contribution in [1.82, 2.24) is 9.80 Å². The molecule has 3 rings (SSSR count). The van der Waals surface area contributed by atoms with E-state index < -0.39 is 0 Å². The maximum absolute atomic E-state index is 13.1. The van der Waals surface area contributed by atoms with Crippen LogP contribution in [0.25, 0.3) is 12.2 Å². The van der Waals surface area contributed by atoms with Crippen LogP contribution in [0.15, 0.2) is 47.5 Å². The molecule has 0 radical (unpaired) electrons. The van der Waals surface area contributed by atoms with Crippen LogP contribution in [0.1, 0.15) is 41.5 Å². The number of allylic oxidation sites excluding steroid dienone is 2. The zero-order valence-electron chi connectivity index (χ0n) is 19.7. The van der Waals surface area contributed by atoms with Crippen LogP contribution in [-0.4, -0.2) is 54.0 Å². The maximum Gasteiger partial charge on any atom is 0.185 e. The predicted octanol–water partition coefficient (Wildman–Crippen LogP) is 5.28. The van der Waals surface area contributed by atoms with E-state index in [9.17, 15) is 15.0 Å². The molecular formula is C26H34Cl2N2O3. The minimum absolute atomic E-state index is 0. The molecule has 1 fully saturated rings. The van der Waals surface area contributed by atoms with E-state index in [-0.39, 0.29) is 42.1 Å². The van der Waals surface area contributed by atoms with Gasteiger partial charge in [0.05, 0.1) is 0 Å². The van der Waals surface area contributed by atoms with Crippen molar-refractivity contribution in [2.75, 3.05) is 28.2 Å². The van der Waals surface area contributed by atoms with E-state index in [1.165, 1.54) is 0 Å². The van der Waals surface area contributed by atoms with Crippen LogP contribution in [-0.2, 0) is 17.9 Å². The number of hydrogen-bond donors (Lipinski definition) is 2. The van der Waals surface area contributed by atoms with Gasteiger partial charge in [-0.15, -0.1) is 24.8 Å². The molecule has 5 nitrogen and oxygen atoms in total. The largest absolute Gasteiger partial charge is 0.508 e. The average molecular weight is 493 g/mol. The third-order valence-electron chi connectivity index (χ3n) is 5.34. The van der Waals surface area contributed by atoms with E-state index in [0.29, 0.717) is 13.1 Å². The molecule has 180 valence electrons. The third-order valence-corrected chi connectivity index (χ3v) is 5.34. The molecule has 2 aromatic rings. The smallest absolute Gasteiger partial charge is 0.185 e.